The highest BCUT2D eigenvalue weighted by Gasteiger charge is 2.46. The molecule has 2 aromatic rings. The lowest BCUT2D eigenvalue weighted by Crippen LogP contribution is -2.35. The fraction of sp³-hybridized carbons (Fsp3) is 0.273. The van der Waals surface area contributed by atoms with Gasteiger partial charge in [-0.25, -0.2) is 0 Å². The summed E-state index contributed by atoms with van der Waals surface area (Å²) in [6.45, 7) is 5.44. The van der Waals surface area contributed by atoms with Crippen molar-refractivity contribution >= 4 is 17.4 Å². The highest BCUT2D eigenvalue weighted by Crippen LogP contribution is 2.39. The highest BCUT2D eigenvalue weighted by atomic mass is 16.3. The van der Waals surface area contributed by atoms with Gasteiger partial charge in [-0.1, -0.05) is 59.7 Å². The first kappa shape index (κ1) is 18.9. The highest BCUT2D eigenvalue weighted by molar-refractivity contribution is 6.46. The van der Waals surface area contributed by atoms with Crippen molar-refractivity contribution in [2.75, 3.05) is 6.54 Å². The number of carbonyl (C=O) groups is 2. The van der Waals surface area contributed by atoms with E-state index in [1.54, 1.807) is 19.1 Å². The second-order valence-electron chi connectivity index (χ2n) is 7.08. The van der Waals surface area contributed by atoms with Crippen LogP contribution in [0.25, 0.3) is 5.76 Å². The Morgan fingerprint density at radius 1 is 1.00 bits per heavy atom. The quantitative estimate of drug-likeness (QED) is 0.496. The molecule has 140 valence electrons. The van der Waals surface area contributed by atoms with Gasteiger partial charge < -0.3 is 15.1 Å². The minimum absolute atomic E-state index is 0.00773. The summed E-state index contributed by atoms with van der Waals surface area (Å²) in [6, 6.07) is 13.8. The number of hydrogen-bond donors (Lipinski definition) is 2. The first-order valence-electron chi connectivity index (χ1n) is 8.89. The monoisotopic (exact) mass is 365 g/mol. The number of likely N-dealkylation sites (tertiary alicyclic amines) is 1. The van der Waals surface area contributed by atoms with Crippen LogP contribution in [0.4, 0.5) is 0 Å². The first-order valence-corrected chi connectivity index (χ1v) is 8.89. The van der Waals surface area contributed by atoms with Gasteiger partial charge in [0.1, 0.15) is 5.76 Å². The standard InChI is InChI=1S/C22H23NO4/c1-13-4-8-16(9-5-13)19-18(20(25)17-10-6-14(2)7-11-17)21(26)22(27)23(19)12-15(3)24/h4-11,15,19,24-25H,12H2,1-3H3/t15-,19-/m1/s1. The molecule has 1 amide bonds. The van der Waals surface area contributed by atoms with E-state index >= 15 is 0 Å². The number of benzene rings is 2. The molecule has 1 aliphatic rings. The number of aliphatic hydroxyl groups excluding tert-OH is 2. The summed E-state index contributed by atoms with van der Waals surface area (Å²) in [7, 11) is 0. The number of nitrogens with zero attached hydrogens (tertiary/aromatic N) is 1. The molecule has 0 aromatic heterocycles. The van der Waals surface area contributed by atoms with E-state index in [1.165, 1.54) is 4.90 Å². The Bertz CT molecular complexity index is 895. The maximum absolute atomic E-state index is 12.7. The minimum Gasteiger partial charge on any atom is -0.507 e. The Labute approximate surface area is 158 Å². The van der Waals surface area contributed by atoms with Crippen LogP contribution in [0.5, 0.6) is 0 Å². The van der Waals surface area contributed by atoms with Crippen molar-refractivity contribution in [1.29, 1.82) is 0 Å². The maximum atomic E-state index is 12.7. The van der Waals surface area contributed by atoms with Crippen LogP contribution < -0.4 is 0 Å². The molecule has 2 atom stereocenters. The van der Waals surface area contributed by atoms with Gasteiger partial charge in [0.2, 0.25) is 0 Å². The Balaban J connectivity index is 2.17. The minimum atomic E-state index is -0.796. The van der Waals surface area contributed by atoms with Crippen LogP contribution >= 0.6 is 0 Å². The number of rotatable bonds is 4. The smallest absolute Gasteiger partial charge is 0.295 e. The van der Waals surface area contributed by atoms with Gasteiger partial charge >= 0.3 is 0 Å². The molecular formula is C22H23NO4. The van der Waals surface area contributed by atoms with Gasteiger partial charge in [0.05, 0.1) is 17.7 Å². The molecule has 1 saturated heterocycles. The van der Waals surface area contributed by atoms with E-state index < -0.39 is 23.8 Å². The molecule has 0 radical (unpaired) electrons. The summed E-state index contributed by atoms with van der Waals surface area (Å²) in [5.74, 6) is -1.65. The van der Waals surface area contributed by atoms with Crippen molar-refractivity contribution < 1.29 is 19.8 Å². The molecule has 0 aliphatic carbocycles. The molecule has 1 aliphatic heterocycles. The molecule has 0 spiro atoms. The zero-order chi connectivity index (χ0) is 19.7. The van der Waals surface area contributed by atoms with Crippen molar-refractivity contribution in [3.63, 3.8) is 0 Å². The summed E-state index contributed by atoms with van der Waals surface area (Å²) >= 11 is 0. The normalized spacial score (nSPS) is 20.1. The predicted octanol–water partition coefficient (Wildman–Crippen LogP) is 3.11. The average Bonchev–Trinajstić information content (AvgIpc) is 2.87. The summed E-state index contributed by atoms with van der Waals surface area (Å²) in [5, 5.41) is 20.7. The van der Waals surface area contributed by atoms with Gasteiger partial charge in [0.25, 0.3) is 11.7 Å². The lowest BCUT2D eigenvalue weighted by atomic mass is 9.94. The zero-order valence-electron chi connectivity index (χ0n) is 15.6. The number of hydrogen-bond acceptors (Lipinski definition) is 4. The van der Waals surface area contributed by atoms with E-state index in [2.05, 4.69) is 0 Å². The van der Waals surface area contributed by atoms with Crippen LogP contribution in [0.2, 0.25) is 0 Å². The van der Waals surface area contributed by atoms with Crippen molar-refractivity contribution in [3.8, 4) is 0 Å². The molecule has 0 bridgehead atoms. The molecule has 3 rings (SSSR count). The molecule has 2 N–H and O–H groups in total. The second-order valence-corrected chi connectivity index (χ2v) is 7.08. The third-order valence-corrected chi connectivity index (χ3v) is 4.72. The van der Waals surface area contributed by atoms with Crippen LogP contribution in [-0.2, 0) is 9.59 Å². The van der Waals surface area contributed by atoms with Crippen LogP contribution in [0.1, 0.15) is 35.2 Å². The number of amides is 1. The Kier molecular flexibility index (Phi) is 5.15. The number of aliphatic hydroxyl groups is 2. The van der Waals surface area contributed by atoms with Gasteiger partial charge in [-0.05, 0) is 26.3 Å². The molecule has 0 unspecified atom stereocenters. The maximum Gasteiger partial charge on any atom is 0.295 e. The van der Waals surface area contributed by atoms with Crippen LogP contribution in [0, 0.1) is 13.8 Å². The summed E-state index contributed by atoms with van der Waals surface area (Å²) in [5.41, 5.74) is 3.32. The SMILES string of the molecule is Cc1ccc(C(O)=C2C(=O)C(=O)N(C[C@@H](C)O)[C@@H]2c2ccc(C)cc2)cc1. The molecule has 2 aromatic carbocycles. The Morgan fingerprint density at radius 3 is 2.04 bits per heavy atom. The molecule has 1 heterocycles. The largest absolute Gasteiger partial charge is 0.507 e. The fourth-order valence-corrected chi connectivity index (χ4v) is 3.32. The number of ketones is 1. The zero-order valence-corrected chi connectivity index (χ0v) is 15.6. The molecule has 5 nitrogen and oxygen atoms in total. The van der Waals surface area contributed by atoms with Crippen LogP contribution in [0.15, 0.2) is 54.1 Å². The van der Waals surface area contributed by atoms with Crippen molar-refractivity contribution in [1.82, 2.24) is 4.90 Å². The van der Waals surface area contributed by atoms with Crippen molar-refractivity contribution in [2.24, 2.45) is 0 Å². The van der Waals surface area contributed by atoms with E-state index in [4.69, 9.17) is 0 Å². The van der Waals surface area contributed by atoms with Gasteiger partial charge in [-0.3, -0.25) is 9.59 Å². The predicted molar refractivity (Wildman–Crippen MR) is 103 cm³/mol. The van der Waals surface area contributed by atoms with Crippen molar-refractivity contribution in [3.05, 3.63) is 76.4 Å². The molecule has 5 heteroatoms. The van der Waals surface area contributed by atoms with Gasteiger partial charge in [-0.2, -0.15) is 0 Å². The summed E-state index contributed by atoms with van der Waals surface area (Å²) in [6.07, 6.45) is -0.796. The molecular weight excluding hydrogens is 342 g/mol. The molecule has 1 fully saturated rings. The third-order valence-electron chi connectivity index (χ3n) is 4.72. The van der Waals surface area contributed by atoms with E-state index in [0.29, 0.717) is 11.1 Å². The number of aryl methyl sites for hydroxylation is 2. The Morgan fingerprint density at radius 2 is 1.52 bits per heavy atom. The van der Waals surface area contributed by atoms with E-state index in [-0.39, 0.29) is 17.9 Å². The van der Waals surface area contributed by atoms with Crippen LogP contribution in [-0.4, -0.2) is 39.5 Å². The lowest BCUT2D eigenvalue weighted by molar-refractivity contribution is -0.140. The Hall–Kier alpha value is -2.92. The second kappa shape index (κ2) is 7.37. The third kappa shape index (κ3) is 3.64. The van der Waals surface area contributed by atoms with E-state index in [1.807, 2.05) is 50.2 Å². The van der Waals surface area contributed by atoms with Crippen LogP contribution in [0.3, 0.4) is 0 Å². The first-order chi connectivity index (χ1) is 12.8. The molecule has 27 heavy (non-hydrogen) atoms. The number of carbonyl (C=O) groups excluding carboxylic acids is 2. The average molecular weight is 365 g/mol. The number of Topliss-reactive ketones (excluding diaryl/α,β-unsaturated/α-hetero) is 1. The summed E-state index contributed by atoms with van der Waals surface area (Å²) < 4.78 is 0. The topological polar surface area (TPSA) is 77.8 Å². The fourth-order valence-electron chi connectivity index (χ4n) is 3.32. The van der Waals surface area contributed by atoms with Gasteiger partial charge in [0, 0.05) is 12.1 Å². The van der Waals surface area contributed by atoms with E-state index in [0.717, 1.165) is 11.1 Å². The lowest BCUT2D eigenvalue weighted by Gasteiger charge is -2.26. The molecule has 0 saturated carbocycles. The number of β-amino-alcohol motifs (C(OH)–C–C–N with tert-alkyl or cyclic N) is 1. The van der Waals surface area contributed by atoms with Gasteiger partial charge in [-0.15, -0.1) is 0 Å². The van der Waals surface area contributed by atoms with Gasteiger partial charge in [0.15, 0.2) is 0 Å². The van der Waals surface area contributed by atoms with E-state index in [9.17, 15) is 19.8 Å². The summed E-state index contributed by atoms with van der Waals surface area (Å²) in [4.78, 5) is 26.7. The van der Waals surface area contributed by atoms with Crippen molar-refractivity contribution in [2.45, 2.75) is 32.9 Å².